The highest BCUT2D eigenvalue weighted by Gasteiger charge is 2.19. The number of benzene rings is 1. The lowest BCUT2D eigenvalue weighted by atomic mass is 10.2. The van der Waals surface area contributed by atoms with Gasteiger partial charge in [-0.05, 0) is 55.0 Å². The maximum Gasteiger partial charge on any atom is 0.165 e. The van der Waals surface area contributed by atoms with Crippen LogP contribution in [-0.2, 0) is 6.61 Å². The second kappa shape index (κ2) is 11.2. The third-order valence-corrected chi connectivity index (χ3v) is 4.93. The number of H-pyrrole nitrogens is 1. The van der Waals surface area contributed by atoms with Crippen LogP contribution in [0.5, 0.6) is 0 Å². The van der Waals surface area contributed by atoms with Crippen molar-refractivity contribution in [1.82, 2.24) is 29.7 Å². The SMILES string of the molecule is CC.CC.Cc1cc(-c2ccc3nc(-c4cccnc4N)n(-c4ccc(CO)cc4)c3n2)n[nH]1. The third-order valence-electron chi connectivity index (χ3n) is 4.93. The van der Waals surface area contributed by atoms with E-state index in [0.717, 1.165) is 39.4 Å². The fraction of sp³-hybridized carbons (Fsp3) is 0.231. The molecule has 0 atom stereocenters. The van der Waals surface area contributed by atoms with E-state index in [1.807, 2.05) is 93.8 Å². The van der Waals surface area contributed by atoms with E-state index in [1.54, 1.807) is 6.20 Å². The third kappa shape index (κ3) is 4.82. The Morgan fingerprint density at radius 2 is 1.68 bits per heavy atom. The first-order valence-electron chi connectivity index (χ1n) is 11.5. The molecule has 4 N–H and O–H groups in total. The van der Waals surface area contributed by atoms with Crippen molar-refractivity contribution in [2.24, 2.45) is 0 Å². The Hall–Kier alpha value is -4.04. The molecule has 4 aromatic heterocycles. The van der Waals surface area contributed by atoms with Crippen molar-refractivity contribution in [2.75, 3.05) is 5.73 Å². The van der Waals surface area contributed by atoms with E-state index in [9.17, 15) is 5.11 Å². The van der Waals surface area contributed by atoms with Crippen LogP contribution in [0.1, 0.15) is 39.0 Å². The number of hydrogen-bond acceptors (Lipinski definition) is 6. The molecule has 8 nitrogen and oxygen atoms in total. The van der Waals surface area contributed by atoms with Crippen LogP contribution in [0, 0.1) is 6.92 Å². The van der Waals surface area contributed by atoms with Crippen molar-refractivity contribution in [1.29, 1.82) is 0 Å². The lowest BCUT2D eigenvalue weighted by Crippen LogP contribution is -2.02. The number of aryl methyl sites for hydroxylation is 1. The summed E-state index contributed by atoms with van der Waals surface area (Å²) < 4.78 is 1.95. The Bertz CT molecular complexity index is 1350. The molecule has 5 rings (SSSR count). The van der Waals surface area contributed by atoms with Crippen molar-refractivity contribution in [3.8, 4) is 28.5 Å². The molecule has 5 aromatic rings. The van der Waals surface area contributed by atoms with E-state index >= 15 is 0 Å². The Morgan fingerprint density at radius 1 is 0.941 bits per heavy atom. The summed E-state index contributed by atoms with van der Waals surface area (Å²) >= 11 is 0. The Labute approximate surface area is 199 Å². The first-order chi connectivity index (χ1) is 16.6. The second-order valence-corrected chi connectivity index (χ2v) is 7.01. The number of anilines is 1. The highest BCUT2D eigenvalue weighted by atomic mass is 16.3. The van der Waals surface area contributed by atoms with Crippen LogP contribution in [0.3, 0.4) is 0 Å². The van der Waals surface area contributed by atoms with Crippen LogP contribution < -0.4 is 5.73 Å². The number of fused-ring (bicyclic) bond motifs is 1. The topological polar surface area (TPSA) is 119 Å². The summed E-state index contributed by atoms with van der Waals surface area (Å²) in [5.41, 5.74) is 12.4. The van der Waals surface area contributed by atoms with Gasteiger partial charge in [0.1, 0.15) is 17.0 Å². The molecule has 1 aromatic carbocycles. The number of aliphatic hydroxyl groups is 1. The minimum Gasteiger partial charge on any atom is -0.392 e. The van der Waals surface area contributed by atoms with Gasteiger partial charge in [0.25, 0.3) is 0 Å². The highest BCUT2D eigenvalue weighted by Crippen LogP contribution is 2.31. The molecule has 0 unspecified atom stereocenters. The van der Waals surface area contributed by atoms with Gasteiger partial charge in [0.05, 0.1) is 17.9 Å². The number of aromatic amines is 1. The van der Waals surface area contributed by atoms with E-state index in [2.05, 4.69) is 15.2 Å². The molecule has 0 fully saturated rings. The molecular weight excluding hydrogens is 426 g/mol. The van der Waals surface area contributed by atoms with Gasteiger partial charge in [-0.15, -0.1) is 0 Å². The minimum atomic E-state index is -0.0196. The summed E-state index contributed by atoms with van der Waals surface area (Å²) in [6.45, 7) is 9.93. The maximum atomic E-state index is 9.40. The summed E-state index contributed by atoms with van der Waals surface area (Å²) in [6.07, 6.45) is 1.65. The summed E-state index contributed by atoms with van der Waals surface area (Å²) in [6, 6.07) is 17.1. The summed E-state index contributed by atoms with van der Waals surface area (Å²) in [5, 5.41) is 16.7. The maximum absolute atomic E-state index is 9.40. The molecule has 0 saturated carbocycles. The van der Waals surface area contributed by atoms with E-state index in [-0.39, 0.29) is 6.61 Å². The van der Waals surface area contributed by atoms with Gasteiger partial charge in [-0.25, -0.2) is 15.0 Å². The molecule has 0 aliphatic rings. The van der Waals surface area contributed by atoms with Gasteiger partial charge in [-0.3, -0.25) is 9.67 Å². The molecule has 0 bridgehead atoms. The van der Waals surface area contributed by atoms with Gasteiger partial charge in [0.15, 0.2) is 11.5 Å². The van der Waals surface area contributed by atoms with E-state index in [0.29, 0.717) is 17.3 Å². The van der Waals surface area contributed by atoms with Crippen molar-refractivity contribution < 1.29 is 5.11 Å². The normalized spacial score (nSPS) is 10.3. The van der Waals surface area contributed by atoms with Crippen molar-refractivity contribution in [3.05, 3.63) is 72.1 Å². The first kappa shape index (κ1) is 24.6. The van der Waals surface area contributed by atoms with E-state index < -0.39 is 0 Å². The van der Waals surface area contributed by atoms with Gasteiger partial charge >= 0.3 is 0 Å². The van der Waals surface area contributed by atoms with Crippen LogP contribution in [0.2, 0.25) is 0 Å². The summed E-state index contributed by atoms with van der Waals surface area (Å²) in [5.74, 6) is 1.04. The average Bonchev–Trinajstić information content (AvgIpc) is 3.50. The monoisotopic (exact) mass is 457 g/mol. The largest absolute Gasteiger partial charge is 0.392 e. The van der Waals surface area contributed by atoms with Gasteiger partial charge in [-0.1, -0.05) is 39.8 Å². The lowest BCUT2D eigenvalue weighted by Gasteiger charge is -2.11. The first-order valence-corrected chi connectivity index (χ1v) is 11.5. The Balaban J connectivity index is 0.000000771. The summed E-state index contributed by atoms with van der Waals surface area (Å²) in [4.78, 5) is 13.9. The predicted octanol–water partition coefficient (Wildman–Crippen LogP) is 5.31. The number of rotatable bonds is 4. The molecule has 4 heterocycles. The Morgan fingerprint density at radius 3 is 2.29 bits per heavy atom. The standard InChI is InChI=1S/C22H19N7O.2C2H6/c1-13-11-19(28-27-13)17-8-9-18-22(25-17)29(15-6-4-14(12-30)5-7-15)21(26-18)16-3-2-10-24-20(16)23;2*1-2/h2-11,30H,12H2,1H3,(H2,23,24)(H,27,28);2*1-2H3. The molecule has 176 valence electrons. The van der Waals surface area contributed by atoms with Crippen molar-refractivity contribution >= 4 is 17.0 Å². The van der Waals surface area contributed by atoms with Gasteiger partial charge < -0.3 is 10.8 Å². The van der Waals surface area contributed by atoms with E-state index in [4.69, 9.17) is 15.7 Å². The minimum absolute atomic E-state index is 0.0196. The van der Waals surface area contributed by atoms with Crippen LogP contribution in [-0.4, -0.2) is 34.8 Å². The lowest BCUT2D eigenvalue weighted by molar-refractivity contribution is 0.282. The molecule has 0 aliphatic heterocycles. The fourth-order valence-electron chi connectivity index (χ4n) is 3.43. The molecule has 34 heavy (non-hydrogen) atoms. The van der Waals surface area contributed by atoms with Gasteiger partial charge in [0.2, 0.25) is 0 Å². The van der Waals surface area contributed by atoms with E-state index in [1.165, 1.54) is 0 Å². The zero-order valence-electron chi connectivity index (χ0n) is 20.2. The molecule has 0 amide bonds. The number of nitrogens with one attached hydrogen (secondary N) is 1. The average molecular weight is 458 g/mol. The van der Waals surface area contributed by atoms with Gasteiger partial charge in [0, 0.05) is 17.6 Å². The number of imidazole rings is 1. The summed E-state index contributed by atoms with van der Waals surface area (Å²) in [7, 11) is 0. The number of aromatic nitrogens is 6. The van der Waals surface area contributed by atoms with Crippen LogP contribution in [0.25, 0.3) is 39.6 Å². The fourth-order valence-corrected chi connectivity index (χ4v) is 3.43. The van der Waals surface area contributed by atoms with Crippen LogP contribution in [0.15, 0.2) is 60.8 Å². The number of nitrogens with zero attached hydrogens (tertiary/aromatic N) is 5. The molecule has 0 saturated heterocycles. The highest BCUT2D eigenvalue weighted by molar-refractivity contribution is 5.84. The Kier molecular flexibility index (Phi) is 8.10. The van der Waals surface area contributed by atoms with Crippen LogP contribution in [0.4, 0.5) is 5.82 Å². The quantitative estimate of drug-likeness (QED) is 0.337. The smallest absolute Gasteiger partial charge is 0.165 e. The molecule has 8 heteroatoms. The van der Waals surface area contributed by atoms with Crippen molar-refractivity contribution in [2.45, 2.75) is 41.2 Å². The number of nitrogens with two attached hydrogens (primary N) is 1. The number of aliphatic hydroxyl groups excluding tert-OH is 1. The second-order valence-electron chi connectivity index (χ2n) is 7.01. The zero-order chi connectivity index (χ0) is 24.7. The number of nitrogen functional groups attached to an aromatic ring is 1. The molecule has 0 aliphatic carbocycles. The number of pyridine rings is 2. The zero-order valence-corrected chi connectivity index (χ0v) is 20.2. The molecular formula is C26H31N7O. The number of hydrogen-bond donors (Lipinski definition) is 3. The van der Waals surface area contributed by atoms with Crippen molar-refractivity contribution in [3.63, 3.8) is 0 Å². The molecule has 0 radical (unpaired) electrons. The predicted molar refractivity (Wildman–Crippen MR) is 137 cm³/mol. The van der Waals surface area contributed by atoms with Crippen LogP contribution >= 0.6 is 0 Å². The molecule has 0 spiro atoms. The van der Waals surface area contributed by atoms with Gasteiger partial charge in [-0.2, -0.15) is 5.10 Å².